The van der Waals surface area contributed by atoms with Gasteiger partial charge in [0.15, 0.2) is 17.5 Å². The van der Waals surface area contributed by atoms with Crippen LogP contribution in [-0.4, -0.2) is 19.5 Å². The molecular formula is C53H34N4O. The monoisotopic (exact) mass is 742 g/mol. The number of benzene rings is 7. The van der Waals surface area contributed by atoms with Gasteiger partial charge in [-0.1, -0.05) is 158 Å². The van der Waals surface area contributed by atoms with Gasteiger partial charge in [0.1, 0.15) is 11.2 Å². The van der Waals surface area contributed by atoms with Crippen molar-refractivity contribution in [3.05, 3.63) is 199 Å². The second-order valence-electron chi connectivity index (χ2n) is 15.1. The second-order valence-corrected chi connectivity index (χ2v) is 15.1. The van der Waals surface area contributed by atoms with Crippen LogP contribution in [0.5, 0.6) is 0 Å². The van der Waals surface area contributed by atoms with Crippen LogP contribution in [0, 0.1) is 5.92 Å². The number of nitrogens with zero attached hydrogens (tertiary/aromatic N) is 4. The Morgan fingerprint density at radius 3 is 2.00 bits per heavy atom. The summed E-state index contributed by atoms with van der Waals surface area (Å²) in [6, 6.07) is 55.0. The van der Waals surface area contributed by atoms with Gasteiger partial charge in [0.25, 0.3) is 0 Å². The molecule has 5 heteroatoms. The Labute approximate surface area is 334 Å². The zero-order valence-electron chi connectivity index (χ0n) is 31.3. The van der Waals surface area contributed by atoms with Crippen molar-refractivity contribution in [2.75, 3.05) is 0 Å². The Morgan fingerprint density at radius 2 is 1.17 bits per heavy atom. The molecule has 0 bridgehead atoms. The molecule has 272 valence electrons. The molecule has 3 heterocycles. The molecular weight excluding hydrogens is 709 g/mol. The summed E-state index contributed by atoms with van der Waals surface area (Å²) >= 11 is 0. The molecule has 2 aliphatic carbocycles. The summed E-state index contributed by atoms with van der Waals surface area (Å²) in [5.74, 6) is 2.43. The van der Waals surface area contributed by atoms with Crippen LogP contribution in [0.25, 0.3) is 101 Å². The maximum absolute atomic E-state index is 6.73. The summed E-state index contributed by atoms with van der Waals surface area (Å²) in [6.07, 6.45) is 13.7. The van der Waals surface area contributed by atoms with Crippen molar-refractivity contribution in [3.8, 4) is 51.0 Å². The number of allylic oxidation sites excluding steroid dienone is 5. The van der Waals surface area contributed by atoms with Gasteiger partial charge in [0.05, 0.1) is 11.2 Å². The predicted octanol–water partition coefficient (Wildman–Crippen LogP) is 13.4. The zero-order valence-corrected chi connectivity index (χ0v) is 31.3. The number of furan rings is 1. The summed E-state index contributed by atoms with van der Waals surface area (Å²) in [6.45, 7) is 0. The minimum absolute atomic E-state index is 0.268. The van der Waals surface area contributed by atoms with Crippen molar-refractivity contribution in [2.45, 2.75) is 5.92 Å². The highest BCUT2D eigenvalue weighted by Crippen LogP contribution is 2.47. The molecule has 3 aromatic heterocycles. The Kier molecular flexibility index (Phi) is 7.29. The first-order valence-corrected chi connectivity index (χ1v) is 19.8. The molecule has 12 rings (SSSR count). The van der Waals surface area contributed by atoms with E-state index < -0.39 is 0 Å². The number of aromatic nitrogens is 4. The van der Waals surface area contributed by atoms with E-state index in [1.165, 1.54) is 38.5 Å². The molecule has 0 spiro atoms. The first-order chi connectivity index (χ1) is 28.7. The van der Waals surface area contributed by atoms with Crippen LogP contribution in [0.4, 0.5) is 0 Å². The van der Waals surface area contributed by atoms with Crippen LogP contribution in [0.15, 0.2) is 193 Å². The lowest BCUT2D eigenvalue weighted by atomic mass is 9.78. The summed E-state index contributed by atoms with van der Waals surface area (Å²) in [5, 5.41) is 5.83. The SMILES string of the molecule is C1=CC2C=Cc3c(c4c5ccccc5ccc4n3-c3ccc4c(c3)oc3cccc(-c5nc(-c6ccccc6)nc(-c6ccc(-c7ccccc7)cc6)n5)c34)C2C=C1. The van der Waals surface area contributed by atoms with Crippen molar-refractivity contribution in [2.24, 2.45) is 5.92 Å². The lowest BCUT2D eigenvalue weighted by Gasteiger charge is -2.26. The average molecular weight is 743 g/mol. The number of hydrogen-bond acceptors (Lipinski definition) is 4. The Balaban J connectivity index is 1.03. The molecule has 2 atom stereocenters. The van der Waals surface area contributed by atoms with Crippen LogP contribution in [0.2, 0.25) is 0 Å². The van der Waals surface area contributed by atoms with Crippen LogP contribution in [0.1, 0.15) is 17.2 Å². The molecule has 7 aromatic carbocycles. The molecule has 0 N–H and O–H groups in total. The number of rotatable bonds is 5. The lowest BCUT2D eigenvalue weighted by Crippen LogP contribution is -2.13. The fourth-order valence-electron chi connectivity index (χ4n) is 9.11. The molecule has 0 saturated carbocycles. The van der Waals surface area contributed by atoms with E-state index >= 15 is 0 Å². The number of fused-ring (bicyclic) bond motifs is 10. The minimum atomic E-state index is 0.268. The molecule has 0 amide bonds. The average Bonchev–Trinajstić information content (AvgIpc) is 3.85. The summed E-state index contributed by atoms with van der Waals surface area (Å²) in [4.78, 5) is 15.3. The van der Waals surface area contributed by atoms with E-state index in [1.54, 1.807) is 0 Å². The van der Waals surface area contributed by atoms with E-state index in [0.717, 1.165) is 49.9 Å². The Morgan fingerprint density at radius 1 is 0.483 bits per heavy atom. The van der Waals surface area contributed by atoms with E-state index in [-0.39, 0.29) is 5.92 Å². The molecule has 0 aliphatic heterocycles. The largest absolute Gasteiger partial charge is 0.456 e. The van der Waals surface area contributed by atoms with Gasteiger partial charge in [-0.05, 0) is 57.8 Å². The van der Waals surface area contributed by atoms with Crippen molar-refractivity contribution in [3.63, 3.8) is 0 Å². The van der Waals surface area contributed by atoms with Crippen LogP contribution >= 0.6 is 0 Å². The fraction of sp³-hybridized carbons (Fsp3) is 0.0377. The second kappa shape index (κ2) is 13.0. The molecule has 0 fully saturated rings. The quantitative estimate of drug-likeness (QED) is 0.176. The molecule has 0 saturated heterocycles. The highest BCUT2D eigenvalue weighted by Gasteiger charge is 2.31. The van der Waals surface area contributed by atoms with Gasteiger partial charge < -0.3 is 8.98 Å². The normalized spacial score (nSPS) is 15.7. The van der Waals surface area contributed by atoms with E-state index in [0.29, 0.717) is 23.4 Å². The third kappa shape index (κ3) is 5.14. The molecule has 2 aliphatic rings. The third-order valence-electron chi connectivity index (χ3n) is 11.8. The topological polar surface area (TPSA) is 56.7 Å². The maximum atomic E-state index is 6.73. The van der Waals surface area contributed by atoms with Gasteiger partial charge in [-0.25, -0.2) is 15.0 Å². The van der Waals surface area contributed by atoms with E-state index in [2.05, 4.69) is 150 Å². The summed E-state index contributed by atoms with van der Waals surface area (Å²) < 4.78 is 9.14. The number of hydrogen-bond donors (Lipinski definition) is 0. The molecule has 5 nitrogen and oxygen atoms in total. The standard InChI is InChI=1S/C53H34N4O/c1-3-12-33(13-4-1)34-22-24-38(25-23-34)52-54-51(37-16-5-2-6-17-37)55-53(56-52)43-20-11-21-46-48(43)42-29-28-39(32-47(42)58-46)57-44-30-26-35-14-7-9-18-40(35)49(44)50-41-19-10-8-15-36(41)27-31-45(50)57/h1-32,35,40H. The van der Waals surface area contributed by atoms with Gasteiger partial charge in [0.2, 0.25) is 0 Å². The third-order valence-corrected chi connectivity index (χ3v) is 11.8. The van der Waals surface area contributed by atoms with Crippen molar-refractivity contribution >= 4 is 49.7 Å². The molecule has 10 aromatic rings. The van der Waals surface area contributed by atoms with Crippen LogP contribution in [-0.2, 0) is 0 Å². The smallest absolute Gasteiger partial charge is 0.164 e. The van der Waals surface area contributed by atoms with Crippen LogP contribution < -0.4 is 0 Å². The van der Waals surface area contributed by atoms with Gasteiger partial charge in [-0.2, -0.15) is 0 Å². The Bertz CT molecular complexity index is 3330. The summed E-state index contributed by atoms with van der Waals surface area (Å²) in [7, 11) is 0. The van der Waals surface area contributed by atoms with Crippen molar-refractivity contribution in [1.29, 1.82) is 0 Å². The fourth-order valence-corrected chi connectivity index (χ4v) is 9.11. The van der Waals surface area contributed by atoms with E-state index in [1.807, 2.05) is 48.5 Å². The highest BCUT2D eigenvalue weighted by atomic mass is 16.3. The van der Waals surface area contributed by atoms with E-state index in [9.17, 15) is 0 Å². The molecule has 0 radical (unpaired) electrons. The lowest BCUT2D eigenvalue weighted by molar-refractivity contribution is 0.668. The minimum Gasteiger partial charge on any atom is -0.456 e. The predicted molar refractivity (Wildman–Crippen MR) is 237 cm³/mol. The van der Waals surface area contributed by atoms with Crippen molar-refractivity contribution in [1.82, 2.24) is 19.5 Å². The molecule has 58 heavy (non-hydrogen) atoms. The van der Waals surface area contributed by atoms with Gasteiger partial charge in [0, 0.05) is 56.4 Å². The molecule has 2 unspecified atom stereocenters. The first kappa shape index (κ1) is 32.6. The van der Waals surface area contributed by atoms with E-state index in [4.69, 9.17) is 19.4 Å². The first-order valence-electron chi connectivity index (χ1n) is 19.8. The summed E-state index contributed by atoms with van der Waals surface area (Å²) in [5.41, 5.74) is 11.5. The zero-order chi connectivity index (χ0) is 38.2. The maximum Gasteiger partial charge on any atom is 0.164 e. The van der Waals surface area contributed by atoms with Gasteiger partial charge in [-0.3, -0.25) is 0 Å². The van der Waals surface area contributed by atoms with Crippen molar-refractivity contribution < 1.29 is 4.42 Å². The van der Waals surface area contributed by atoms with Gasteiger partial charge in [-0.15, -0.1) is 0 Å². The van der Waals surface area contributed by atoms with Gasteiger partial charge >= 0.3 is 0 Å². The Hall–Kier alpha value is -7.63. The highest BCUT2D eigenvalue weighted by molar-refractivity contribution is 6.13. The van der Waals surface area contributed by atoms with Crippen LogP contribution in [0.3, 0.4) is 0 Å².